The summed E-state index contributed by atoms with van der Waals surface area (Å²) in [5.74, 6) is 1.72. The number of aromatic nitrogens is 2. The predicted octanol–water partition coefficient (Wildman–Crippen LogP) is 4.86. The normalized spacial score (nSPS) is 13.1. The highest BCUT2D eigenvalue weighted by molar-refractivity contribution is 7.98. The molecule has 31 heavy (non-hydrogen) atoms. The minimum atomic E-state index is 0.0202. The van der Waals surface area contributed by atoms with Crippen LogP contribution >= 0.6 is 11.8 Å². The molecule has 5 nitrogen and oxygen atoms in total. The average molecular weight is 433 g/mol. The van der Waals surface area contributed by atoms with Crippen LogP contribution < -0.4 is 10.2 Å². The van der Waals surface area contributed by atoms with Crippen molar-refractivity contribution in [1.82, 2.24) is 15.3 Å². The number of anilines is 1. The van der Waals surface area contributed by atoms with Gasteiger partial charge in [-0.25, -0.2) is 9.97 Å². The number of thioether (sulfide) groups is 1. The monoisotopic (exact) mass is 432 g/mol. The minimum absolute atomic E-state index is 0.0202. The van der Waals surface area contributed by atoms with Crippen molar-refractivity contribution in [3.8, 4) is 0 Å². The molecular weight excluding hydrogens is 404 g/mol. The molecule has 2 aromatic carbocycles. The van der Waals surface area contributed by atoms with Crippen molar-refractivity contribution in [3.63, 3.8) is 0 Å². The van der Waals surface area contributed by atoms with Gasteiger partial charge in [0.15, 0.2) is 5.16 Å². The van der Waals surface area contributed by atoms with Crippen molar-refractivity contribution < 1.29 is 4.79 Å². The molecule has 3 aromatic rings. The van der Waals surface area contributed by atoms with E-state index < -0.39 is 0 Å². The van der Waals surface area contributed by atoms with E-state index in [4.69, 9.17) is 9.97 Å². The van der Waals surface area contributed by atoms with Crippen molar-refractivity contribution in [2.75, 3.05) is 11.9 Å². The number of nitrogens with one attached hydrogen (secondary N) is 1. The largest absolute Gasteiger partial charge is 0.355 e. The molecule has 0 saturated heterocycles. The van der Waals surface area contributed by atoms with Crippen molar-refractivity contribution >= 4 is 23.5 Å². The quantitative estimate of drug-likeness (QED) is 0.387. The van der Waals surface area contributed by atoms with Gasteiger partial charge in [0, 0.05) is 42.7 Å². The Morgan fingerprint density at radius 1 is 1.06 bits per heavy atom. The SMILES string of the molecule is CCc1cc(N(C)Cc2ccccc2)nc(SCc2ccc(C(=O)NC3CC3)cc2)n1. The molecule has 1 saturated carbocycles. The van der Waals surface area contributed by atoms with Gasteiger partial charge < -0.3 is 10.2 Å². The lowest BCUT2D eigenvalue weighted by Crippen LogP contribution is -2.25. The molecule has 1 amide bonds. The summed E-state index contributed by atoms with van der Waals surface area (Å²) in [6.07, 6.45) is 3.06. The fraction of sp³-hybridized carbons (Fsp3) is 0.320. The average Bonchev–Trinajstić information content (AvgIpc) is 3.62. The van der Waals surface area contributed by atoms with Crippen LogP contribution in [0.2, 0.25) is 0 Å². The Hall–Kier alpha value is -2.86. The molecule has 1 aliphatic carbocycles. The van der Waals surface area contributed by atoms with Gasteiger partial charge in [-0.05, 0) is 42.5 Å². The predicted molar refractivity (Wildman–Crippen MR) is 126 cm³/mol. The summed E-state index contributed by atoms with van der Waals surface area (Å²) in [6, 6.07) is 20.7. The van der Waals surface area contributed by atoms with Gasteiger partial charge in [0.2, 0.25) is 0 Å². The lowest BCUT2D eigenvalue weighted by Gasteiger charge is -2.19. The topological polar surface area (TPSA) is 58.1 Å². The van der Waals surface area contributed by atoms with Gasteiger partial charge in [-0.2, -0.15) is 0 Å². The Morgan fingerprint density at radius 2 is 1.81 bits per heavy atom. The number of benzene rings is 2. The van der Waals surface area contributed by atoms with Crippen molar-refractivity contribution in [1.29, 1.82) is 0 Å². The van der Waals surface area contributed by atoms with Gasteiger partial charge in [0.25, 0.3) is 5.91 Å². The number of aryl methyl sites for hydroxylation is 1. The molecule has 6 heteroatoms. The maximum Gasteiger partial charge on any atom is 0.251 e. The molecule has 0 unspecified atom stereocenters. The molecule has 4 rings (SSSR count). The van der Waals surface area contributed by atoms with Crippen molar-refractivity contribution in [2.24, 2.45) is 0 Å². The number of nitrogens with zero attached hydrogens (tertiary/aromatic N) is 3. The Kier molecular flexibility index (Phi) is 6.87. The van der Waals surface area contributed by atoms with Crippen LogP contribution in [0.1, 0.15) is 46.9 Å². The molecule has 1 fully saturated rings. The Bertz CT molecular complexity index is 1020. The molecule has 0 atom stereocenters. The Balaban J connectivity index is 1.40. The zero-order valence-electron chi connectivity index (χ0n) is 18.0. The van der Waals surface area contributed by atoms with E-state index in [1.54, 1.807) is 11.8 Å². The summed E-state index contributed by atoms with van der Waals surface area (Å²) in [5.41, 5.74) is 4.16. The summed E-state index contributed by atoms with van der Waals surface area (Å²) in [7, 11) is 2.06. The number of carbonyl (C=O) groups is 1. The molecule has 1 aromatic heterocycles. The van der Waals surface area contributed by atoms with E-state index in [2.05, 4.69) is 54.5 Å². The molecular formula is C25H28N4OS. The van der Waals surface area contributed by atoms with Gasteiger partial charge in [0.1, 0.15) is 5.82 Å². The van der Waals surface area contributed by atoms with Crippen molar-refractivity contribution in [2.45, 2.75) is 49.7 Å². The third-order valence-electron chi connectivity index (χ3n) is 5.26. The van der Waals surface area contributed by atoms with E-state index in [1.807, 2.05) is 30.3 Å². The molecule has 1 N–H and O–H groups in total. The van der Waals surface area contributed by atoms with Crippen LogP contribution in [-0.4, -0.2) is 29.0 Å². The van der Waals surface area contributed by atoms with Crippen LogP contribution in [0.5, 0.6) is 0 Å². The second kappa shape index (κ2) is 9.96. The zero-order chi connectivity index (χ0) is 21.6. The van der Waals surface area contributed by atoms with Crippen LogP contribution in [0.15, 0.2) is 65.8 Å². The number of carbonyl (C=O) groups excluding carboxylic acids is 1. The second-order valence-corrected chi connectivity index (χ2v) is 8.87. The van der Waals surface area contributed by atoms with Gasteiger partial charge in [-0.15, -0.1) is 0 Å². The number of rotatable bonds is 9. The molecule has 1 aliphatic rings. The van der Waals surface area contributed by atoms with Crippen LogP contribution in [0.4, 0.5) is 5.82 Å². The highest BCUT2D eigenvalue weighted by atomic mass is 32.2. The summed E-state index contributed by atoms with van der Waals surface area (Å²) >= 11 is 1.63. The van der Waals surface area contributed by atoms with Gasteiger partial charge in [-0.1, -0.05) is 61.2 Å². The van der Waals surface area contributed by atoms with E-state index in [1.165, 1.54) is 5.56 Å². The first-order valence-electron chi connectivity index (χ1n) is 10.8. The summed E-state index contributed by atoms with van der Waals surface area (Å²) in [4.78, 5) is 23.8. The van der Waals surface area contributed by atoms with Gasteiger partial charge >= 0.3 is 0 Å². The molecule has 0 bridgehead atoms. The van der Waals surface area contributed by atoms with E-state index in [-0.39, 0.29) is 5.91 Å². The van der Waals surface area contributed by atoms with Crippen LogP contribution in [-0.2, 0) is 18.7 Å². The number of amides is 1. The van der Waals surface area contributed by atoms with E-state index in [9.17, 15) is 4.79 Å². The van der Waals surface area contributed by atoms with E-state index in [0.29, 0.717) is 6.04 Å². The first kappa shape index (κ1) is 21.4. The van der Waals surface area contributed by atoms with Gasteiger partial charge in [0.05, 0.1) is 0 Å². The molecule has 0 spiro atoms. The maximum absolute atomic E-state index is 12.1. The Labute approximate surface area is 188 Å². The molecule has 0 radical (unpaired) electrons. The molecule has 1 heterocycles. The smallest absolute Gasteiger partial charge is 0.251 e. The number of hydrogen-bond acceptors (Lipinski definition) is 5. The zero-order valence-corrected chi connectivity index (χ0v) is 18.9. The van der Waals surface area contributed by atoms with Gasteiger partial charge in [-0.3, -0.25) is 4.79 Å². The Morgan fingerprint density at radius 3 is 2.48 bits per heavy atom. The minimum Gasteiger partial charge on any atom is -0.355 e. The summed E-state index contributed by atoms with van der Waals surface area (Å²) in [6.45, 7) is 2.92. The van der Waals surface area contributed by atoms with Crippen LogP contribution in [0.3, 0.4) is 0 Å². The lowest BCUT2D eigenvalue weighted by atomic mass is 10.1. The lowest BCUT2D eigenvalue weighted by molar-refractivity contribution is 0.0951. The van der Waals surface area contributed by atoms with Crippen LogP contribution in [0.25, 0.3) is 0 Å². The second-order valence-electron chi connectivity index (χ2n) is 7.93. The maximum atomic E-state index is 12.1. The highest BCUT2D eigenvalue weighted by Gasteiger charge is 2.23. The fourth-order valence-corrected chi connectivity index (χ4v) is 4.06. The molecule has 0 aliphatic heterocycles. The summed E-state index contributed by atoms with van der Waals surface area (Å²) < 4.78 is 0. The van der Waals surface area contributed by atoms with E-state index >= 15 is 0 Å². The first-order chi connectivity index (χ1) is 15.1. The molecule has 160 valence electrons. The first-order valence-corrected chi connectivity index (χ1v) is 11.7. The number of hydrogen-bond donors (Lipinski definition) is 1. The van der Waals surface area contributed by atoms with E-state index in [0.717, 1.165) is 59.4 Å². The third kappa shape index (κ3) is 6.07. The standard InChI is InChI=1S/C25H28N4OS/c1-3-21-15-23(29(2)16-18-7-5-4-6-8-18)28-25(27-21)31-17-19-9-11-20(12-10-19)24(30)26-22-13-14-22/h4-12,15,22H,3,13-14,16-17H2,1-2H3,(H,26,30). The van der Waals surface area contributed by atoms with Crippen LogP contribution in [0, 0.1) is 0 Å². The fourth-order valence-electron chi connectivity index (χ4n) is 3.24. The summed E-state index contributed by atoms with van der Waals surface area (Å²) in [5, 5.41) is 3.81. The van der Waals surface area contributed by atoms with Crippen molar-refractivity contribution in [3.05, 3.63) is 83.0 Å². The highest BCUT2D eigenvalue weighted by Crippen LogP contribution is 2.24. The third-order valence-corrected chi connectivity index (χ3v) is 6.18.